The van der Waals surface area contributed by atoms with Gasteiger partial charge < -0.3 is 9.47 Å². The van der Waals surface area contributed by atoms with E-state index in [1.807, 2.05) is 19.1 Å². The molecule has 2 aromatic carbocycles. The Labute approximate surface area is 167 Å². The van der Waals surface area contributed by atoms with Crippen LogP contribution in [0.3, 0.4) is 0 Å². The highest BCUT2D eigenvalue weighted by Gasteiger charge is 2.18. The number of pyridine rings is 1. The van der Waals surface area contributed by atoms with E-state index in [-0.39, 0.29) is 22.0 Å². The molecule has 0 radical (unpaired) electrons. The van der Waals surface area contributed by atoms with Crippen LogP contribution in [-0.2, 0) is 10.0 Å². The van der Waals surface area contributed by atoms with Gasteiger partial charge in [-0.3, -0.25) is 4.72 Å². The quantitative estimate of drug-likeness (QED) is 0.655. The molecule has 9 heteroatoms. The molecule has 0 fully saturated rings. The summed E-state index contributed by atoms with van der Waals surface area (Å²) in [7, 11) is -2.54. The zero-order chi connectivity index (χ0) is 21.0. The second-order valence-corrected chi connectivity index (χ2v) is 7.68. The van der Waals surface area contributed by atoms with Crippen molar-refractivity contribution in [3.8, 4) is 23.3 Å². The third-order valence-electron chi connectivity index (χ3n) is 3.89. The number of aryl methyl sites for hydroxylation is 1. The van der Waals surface area contributed by atoms with Crippen molar-refractivity contribution in [2.75, 3.05) is 11.8 Å². The Balaban J connectivity index is 1.91. The lowest BCUT2D eigenvalue weighted by Gasteiger charge is -2.13. The Kier molecular flexibility index (Phi) is 5.66. The number of halogens is 1. The van der Waals surface area contributed by atoms with E-state index in [0.29, 0.717) is 11.5 Å². The van der Waals surface area contributed by atoms with Gasteiger partial charge in [0.2, 0.25) is 0 Å². The van der Waals surface area contributed by atoms with Gasteiger partial charge in [0.05, 0.1) is 23.8 Å². The minimum absolute atomic E-state index is 0.0163. The number of aromatic nitrogens is 1. The Morgan fingerprint density at radius 3 is 2.48 bits per heavy atom. The van der Waals surface area contributed by atoms with Gasteiger partial charge in [-0.25, -0.2) is 17.8 Å². The number of hydrogen-bond donors (Lipinski definition) is 1. The van der Waals surface area contributed by atoms with Gasteiger partial charge in [0, 0.05) is 0 Å². The molecule has 3 aromatic rings. The fourth-order valence-corrected chi connectivity index (χ4v) is 3.50. The molecule has 3 rings (SSSR count). The third kappa shape index (κ3) is 4.62. The van der Waals surface area contributed by atoms with Crippen LogP contribution in [-0.4, -0.2) is 20.5 Å². The normalized spacial score (nSPS) is 10.8. The molecule has 0 spiro atoms. The second-order valence-electron chi connectivity index (χ2n) is 5.99. The van der Waals surface area contributed by atoms with Crippen molar-refractivity contribution in [1.82, 2.24) is 4.98 Å². The first-order valence-corrected chi connectivity index (χ1v) is 9.82. The summed E-state index contributed by atoms with van der Waals surface area (Å²) >= 11 is 0. The average Bonchev–Trinajstić information content (AvgIpc) is 2.71. The summed E-state index contributed by atoms with van der Waals surface area (Å²) in [5.74, 6) is 0.407. The smallest absolute Gasteiger partial charge is 0.263 e. The van der Waals surface area contributed by atoms with Crippen molar-refractivity contribution >= 4 is 15.8 Å². The number of methoxy groups -OCH3 is 1. The maximum atomic E-state index is 12.9. The monoisotopic (exact) mass is 413 g/mol. The molecule has 7 nitrogen and oxygen atoms in total. The van der Waals surface area contributed by atoms with E-state index in [1.54, 1.807) is 12.1 Å². The van der Waals surface area contributed by atoms with E-state index < -0.39 is 15.8 Å². The van der Waals surface area contributed by atoms with E-state index in [0.717, 1.165) is 17.8 Å². The maximum absolute atomic E-state index is 12.9. The molecule has 0 saturated carbocycles. The molecule has 0 amide bonds. The minimum Gasteiger partial charge on any atom is -0.493 e. The summed E-state index contributed by atoms with van der Waals surface area (Å²) in [6, 6.07) is 13.4. The van der Waals surface area contributed by atoms with Crippen LogP contribution in [0.1, 0.15) is 11.1 Å². The molecule has 0 saturated heterocycles. The summed E-state index contributed by atoms with van der Waals surface area (Å²) < 4.78 is 51.3. The lowest BCUT2D eigenvalue weighted by molar-refractivity contribution is 0.378. The molecule has 29 heavy (non-hydrogen) atoms. The molecule has 0 aliphatic rings. The van der Waals surface area contributed by atoms with E-state index in [1.165, 1.54) is 31.4 Å². The molecule has 1 heterocycles. The van der Waals surface area contributed by atoms with Crippen LogP contribution in [0.4, 0.5) is 10.2 Å². The van der Waals surface area contributed by atoms with Gasteiger partial charge in [0.1, 0.15) is 23.5 Å². The van der Waals surface area contributed by atoms with Gasteiger partial charge in [-0.1, -0.05) is 6.07 Å². The van der Waals surface area contributed by atoms with Crippen molar-refractivity contribution in [2.24, 2.45) is 0 Å². The first-order valence-electron chi connectivity index (χ1n) is 8.33. The van der Waals surface area contributed by atoms with Gasteiger partial charge in [-0.2, -0.15) is 5.26 Å². The molecule has 0 atom stereocenters. The number of rotatable bonds is 6. The number of anilines is 1. The van der Waals surface area contributed by atoms with E-state index >= 15 is 0 Å². The van der Waals surface area contributed by atoms with Gasteiger partial charge in [-0.05, 0) is 55.0 Å². The summed E-state index contributed by atoms with van der Waals surface area (Å²) in [5, 5.41) is 9.45. The molecule has 0 aliphatic heterocycles. The van der Waals surface area contributed by atoms with Crippen molar-refractivity contribution in [3.63, 3.8) is 0 Å². The Hall–Kier alpha value is -3.64. The van der Waals surface area contributed by atoms with Gasteiger partial charge in [-0.15, -0.1) is 0 Å². The summed E-state index contributed by atoms with van der Waals surface area (Å²) in [5.41, 5.74) is 0.985. The summed E-state index contributed by atoms with van der Waals surface area (Å²) in [6.45, 7) is 1.90. The predicted molar refractivity (Wildman–Crippen MR) is 104 cm³/mol. The van der Waals surface area contributed by atoms with Crippen LogP contribution in [0, 0.1) is 24.1 Å². The average molecular weight is 413 g/mol. The molecular weight excluding hydrogens is 397 g/mol. The second kappa shape index (κ2) is 8.16. The first kappa shape index (κ1) is 20.1. The standard InChI is InChI=1S/C20H16FN3O4S/c1-13-3-6-18(19(9-13)27-2)28-17-7-5-16(10-14(17)11-22)29(25,26)24-20-8-4-15(21)12-23-20/h3-10,12H,1-2H3,(H,23,24). The number of sulfonamides is 1. The lowest BCUT2D eigenvalue weighted by Crippen LogP contribution is -2.14. The van der Waals surface area contributed by atoms with Gasteiger partial charge in [0.15, 0.2) is 11.5 Å². The zero-order valence-electron chi connectivity index (χ0n) is 15.5. The largest absolute Gasteiger partial charge is 0.493 e. The van der Waals surface area contributed by atoms with E-state index in [9.17, 15) is 18.1 Å². The zero-order valence-corrected chi connectivity index (χ0v) is 16.3. The first-order chi connectivity index (χ1) is 13.8. The fourth-order valence-electron chi connectivity index (χ4n) is 2.46. The van der Waals surface area contributed by atoms with E-state index in [4.69, 9.17) is 9.47 Å². The van der Waals surface area contributed by atoms with Crippen molar-refractivity contribution in [3.05, 3.63) is 71.7 Å². The highest BCUT2D eigenvalue weighted by Crippen LogP contribution is 2.34. The van der Waals surface area contributed by atoms with Crippen molar-refractivity contribution < 1.29 is 22.3 Å². The minimum atomic E-state index is -4.03. The molecule has 1 N–H and O–H groups in total. The number of nitrogens with one attached hydrogen (secondary N) is 1. The molecule has 148 valence electrons. The molecule has 0 unspecified atom stereocenters. The highest BCUT2D eigenvalue weighted by atomic mass is 32.2. The SMILES string of the molecule is COc1cc(C)ccc1Oc1ccc(S(=O)(=O)Nc2ccc(F)cn2)cc1C#N. The summed E-state index contributed by atoms with van der Waals surface area (Å²) in [4.78, 5) is 3.50. The van der Waals surface area contributed by atoms with Crippen LogP contribution in [0.25, 0.3) is 0 Å². The predicted octanol–water partition coefficient (Wildman–Crippen LogP) is 4.00. The fraction of sp³-hybridized carbons (Fsp3) is 0.100. The molecule has 1 aromatic heterocycles. The number of nitrogens with zero attached hydrogens (tertiary/aromatic N) is 2. The molecule has 0 bridgehead atoms. The van der Waals surface area contributed by atoms with Crippen LogP contribution >= 0.6 is 0 Å². The van der Waals surface area contributed by atoms with Crippen LogP contribution in [0.15, 0.2) is 59.6 Å². The summed E-state index contributed by atoms with van der Waals surface area (Å²) in [6.07, 6.45) is 0.893. The third-order valence-corrected chi connectivity index (χ3v) is 5.24. The Morgan fingerprint density at radius 1 is 1.07 bits per heavy atom. The number of hydrogen-bond acceptors (Lipinski definition) is 6. The lowest BCUT2D eigenvalue weighted by atomic mass is 10.2. The number of ether oxygens (including phenoxy) is 2. The number of nitriles is 1. The van der Waals surface area contributed by atoms with Gasteiger partial charge >= 0.3 is 0 Å². The topological polar surface area (TPSA) is 101 Å². The highest BCUT2D eigenvalue weighted by molar-refractivity contribution is 7.92. The van der Waals surface area contributed by atoms with Gasteiger partial charge in [0.25, 0.3) is 10.0 Å². The molecular formula is C20H16FN3O4S. The number of benzene rings is 2. The Bertz CT molecular complexity index is 1190. The van der Waals surface area contributed by atoms with Crippen LogP contribution in [0.5, 0.6) is 17.2 Å². The van der Waals surface area contributed by atoms with E-state index in [2.05, 4.69) is 9.71 Å². The Morgan fingerprint density at radius 2 is 1.83 bits per heavy atom. The molecule has 0 aliphatic carbocycles. The van der Waals surface area contributed by atoms with Crippen LogP contribution < -0.4 is 14.2 Å². The van der Waals surface area contributed by atoms with Crippen LogP contribution in [0.2, 0.25) is 0 Å². The van der Waals surface area contributed by atoms with Crippen molar-refractivity contribution in [1.29, 1.82) is 5.26 Å². The van der Waals surface area contributed by atoms with Crippen molar-refractivity contribution in [2.45, 2.75) is 11.8 Å². The maximum Gasteiger partial charge on any atom is 0.263 e.